The molecule has 2 fully saturated rings. The van der Waals surface area contributed by atoms with Gasteiger partial charge in [0.1, 0.15) is 12.6 Å². The van der Waals surface area contributed by atoms with Crippen LogP contribution in [0, 0.1) is 0 Å². The number of benzene rings is 2. The van der Waals surface area contributed by atoms with E-state index in [0.29, 0.717) is 17.1 Å². The Hall–Kier alpha value is -4.01. The van der Waals surface area contributed by atoms with Gasteiger partial charge in [0.2, 0.25) is 5.91 Å². The Kier molecular flexibility index (Phi) is 6.21. The Morgan fingerprint density at radius 2 is 1.76 bits per heavy atom. The summed E-state index contributed by atoms with van der Waals surface area (Å²) in [4.78, 5) is 39.5. The van der Waals surface area contributed by atoms with Crippen molar-refractivity contribution < 1.29 is 33.7 Å². The zero-order chi connectivity index (χ0) is 23.5. The topological polar surface area (TPSA) is 106 Å². The molecule has 0 bridgehead atoms. The molecule has 0 spiro atoms. The van der Waals surface area contributed by atoms with Crippen LogP contribution in [0.1, 0.15) is 11.1 Å². The number of rotatable bonds is 7. The molecule has 0 unspecified atom stereocenters. The van der Waals surface area contributed by atoms with Gasteiger partial charge in [-0.2, -0.15) is 0 Å². The van der Waals surface area contributed by atoms with Crippen molar-refractivity contribution in [1.82, 2.24) is 9.80 Å². The van der Waals surface area contributed by atoms with Crippen molar-refractivity contribution in [3.05, 3.63) is 71.3 Å². The molecule has 9 nitrogen and oxygen atoms in total. The summed E-state index contributed by atoms with van der Waals surface area (Å²) < 4.78 is 15.9. The molecule has 9 heteroatoms. The highest BCUT2D eigenvalue weighted by atomic mass is 16.5. The normalized spacial score (nSPS) is 20.3. The third kappa shape index (κ3) is 4.34. The largest absolute Gasteiger partial charge is 0.493 e. The maximum Gasteiger partial charge on any atom is 0.408 e. The Morgan fingerprint density at radius 3 is 2.42 bits per heavy atom. The maximum absolute atomic E-state index is 12.8. The molecule has 2 amide bonds. The highest BCUT2D eigenvalue weighted by Gasteiger charge is 2.58. The number of β-lactam (4-membered cyclic amide) rings is 1. The molecule has 0 saturated carbocycles. The number of fused-ring (bicyclic) bond motifs is 1. The second-order valence-corrected chi connectivity index (χ2v) is 7.77. The molecule has 172 valence electrons. The number of carbonyl (C=O) groups excluding carboxylic acids is 2. The average Bonchev–Trinajstić information content (AvgIpc) is 3.16. The summed E-state index contributed by atoms with van der Waals surface area (Å²) in [5, 5.41) is 9.54. The minimum absolute atomic E-state index is 0.0285. The van der Waals surface area contributed by atoms with Crippen LogP contribution in [0.2, 0.25) is 0 Å². The van der Waals surface area contributed by atoms with Crippen LogP contribution in [0.15, 0.2) is 60.2 Å². The lowest BCUT2D eigenvalue weighted by Crippen LogP contribution is -2.66. The van der Waals surface area contributed by atoms with Gasteiger partial charge in [0.25, 0.3) is 0 Å². The first kappa shape index (κ1) is 22.2. The Bertz CT molecular complexity index is 1100. The SMILES string of the molecule is COc1ccc(CN2C(=O)[C@@H]3[C@H]2/C(=C\C(=O)OCc2ccccc2)CN3C(=O)O)cc1OC. The molecule has 2 saturated heterocycles. The molecular weight excluding hydrogens is 428 g/mol. The van der Waals surface area contributed by atoms with Crippen molar-refractivity contribution in [3.63, 3.8) is 0 Å². The first-order valence-electron chi connectivity index (χ1n) is 10.3. The molecule has 2 aromatic carbocycles. The van der Waals surface area contributed by atoms with E-state index in [2.05, 4.69) is 0 Å². The van der Waals surface area contributed by atoms with Crippen molar-refractivity contribution in [3.8, 4) is 11.5 Å². The van der Waals surface area contributed by atoms with Gasteiger partial charge in [-0.05, 0) is 28.8 Å². The number of methoxy groups -OCH3 is 2. The zero-order valence-electron chi connectivity index (χ0n) is 18.3. The Balaban J connectivity index is 1.52. The summed E-state index contributed by atoms with van der Waals surface area (Å²) in [6, 6.07) is 13.2. The molecule has 2 heterocycles. The highest BCUT2D eigenvalue weighted by Crippen LogP contribution is 2.39. The van der Waals surface area contributed by atoms with E-state index in [4.69, 9.17) is 14.2 Å². The molecule has 2 aliphatic rings. The minimum atomic E-state index is -1.20. The van der Waals surface area contributed by atoms with Crippen LogP contribution in [0.4, 0.5) is 4.79 Å². The average molecular weight is 452 g/mol. The minimum Gasteiger partial charge on any atom is -0.493 e. The molecule has 2 atom stereocenters. The summed E-state index contributed by atoms with van der Waals surface area (Å²) >= 11 is 0. The van der Waals surface area contributed by atoms with Crippen LogP contribution < -0.4 is 9.47 Å². The van der Waals surface area contributed by atoms with E-state index < -0.39 is 24.1 Å². The summed E-state index contributed by atoms with van der Waals surface area (Å²) in [5.74, 6) is 0.204. The monoisotopic (exact) mass is 452 g/mol. The summed E-state index contributed by atoms with van der Waals surface area (Å²) in [7, 11) is 3.06. The second-order valence-electron chi connectivity index (χ2n) is 7.77. The second kappa shape index (κ2) is 9.23. The van der Waals surface area contributed by atoms with Crippen LogP contribution in [-0.2, 0) is 27.5 Å². The van der Waals surface area contributed by atoms with Gasteiger partial charge in [-0.1, -0.05) is 36.4 Å². The predicted molar refractivity (Wildman–Crippen MR) is 117 cm³/mol. The van der Waals surface area contributed by atoms with Crippen molar-refractivity contribution >= 4 is 18.0 Å². The van der Waals surface area contributed by atoms with Crippen molar-refractivity contribution in [1.29, 1.82) is 0 Å². The number of nitrogens with zero attached hydrogens (tertiary/aromatic N) is 2. The van der Waals surface area contributed by atoms with Gasteiger partial charge in [-0.3, -0.25) is 9.69 Å². The van der Waals surface area contributed by atoms with Gasteiger partial charge in [0, 0.05) is 19.2 Å². The number of likely N-dealkylation sites (tertiary alicyclic amines) is 2. The number of carboxylic acid groups (broad SMARTS) is 1. The number of ether oxygens (including phenoxy) is 3. The molecule has 33 heavy (non-hydrogen) atoms. The van der Waals surface area contributed by atoms with Crippen LogP contribution >= 0.6 is 0 Å². The fourth-order valence-corrected chi connectivity index (χ4v) is 4.22. The number of hydrogen-bond donors (Lipinski definition) is 1. The molecule has 1 N–H and O–H groups in total. The van der Waals surface area contributed by atoms with Crippen LogP contribution in [0.25, 0.3) is 0 Å². The van der Waals surface area contributed by atoms with Gasteiger partial charge in [-0.15, -0.1) is 0 Å². The van der Waals surface area contributed by atoms with Crippen LogP contribution in [0.3, 0.4) is 0 Å². The van der Waals surface area contributed by atoms with E-state index in [9.17, 15) is 19.5 Å². The lowest BCUT2D eigenvalue weighted by Gasteiger charge is -2.45. The summed E-state index contributed by atoms with van der Waals surface area (Å²) in [5.41, 5.74) is 2.16. The smallest absolute Gasteiger partial charge is 0.408 e. The quantitative estimate of drug-likeness (QED) is 0.391. The van der Waals surface area contributed by atoms with Crippen LogP contribution in [0.5, 0.6) is 11.5 Å². The Labute approximate surface area is 190 Å². The molecule has 0 aliphatic carbocycles. The molecular formula is C24H24N2O7. The lowest BCUT2D eigenvalue weighted by molar-refractivity contribution is -0.152. The fourth-order valence-electron chi connectivity index (χ4n) is 4.22. The third-order valence-electron chi connectivity index (χ3n) is 5.81. The van der Waals surface area contributed by atoms with Crippen molar-refractivity contribution in [2.24, 2.45) is 0 Å². The van der Waals surface area contributed by atoms with E-state index >= 15 is 0 Å². The first-order chi connectivity index (χ1) is 15.9. The van der Waals surface area contributed by atoms with Gasteiger partial charge in [0.15, 0.2) is 11.5 Å². The van der Waals surface area contributed by atoms with E-state index in [1.807, 2.05) is 36.4 Å². The third-order valence-corrected chi connectivity index (χ3v) is 5.81. The maximum atomic E-state index is 12.8. The summed E-state index contributed by atoms with van der Waals surface area (Å²) in [6.07, 6.45) is 0.0996. The van der Waals surface area contributed by atoms with Crippen molar-refractivity contribution in [2.45, 2.75) is 25.2 Å². The standard InChI is InChI=1S/C24H24N2O7/c1-31-18-9-8-16(10-19(18)32-2)12-25-21-17(13-26(24(29)30)22(21)23(25)28)11-20(27)33-14-15-6-4-3-5-7-15/h3-11,21-22H,12-14H2,1-2H3,(H,29,30)/b17-11-/t21-,22+/m1/s1. The zero-order valence-corrected chi connectivity index (χ0v) is 18.3. The molecule has 0 radical (unpaired) electrons. The molecule has 4 rings (SSSR count). The Morgan fingerprint density at radius 1 is 1.03 bits per heavy atom. The first-order valence-corrected chi connectivity index (χ1v) is 10.3. The number of amides is 2. The fraction of sp³-hybridized carbons (Fsp3) is 0.292. The molecule has 2 aromatic rings. The number of hydrogen-bond acceptors (Lipinski definition) is 6. The van der Waals surface area contributed by atoms with Gasteiger partial charge in [-0.25, -0.2) is 9.59 Å². The number of carbonyl (C=O) groups is 3. The summed E-state index contributed by atoms with van der Waals surface area (Å²) in [6.45, 7) is 0.317. The molecule has 0 aromatic heterocycles. The predicted octanol–water partition coefficient (Wildman–Crippen LogP) is 2.45. The van der Waals surface area contributed by atoms with Gasteiger partial charge >= 0.3 is 12.1 Å². The van der Waals surface area contributed by atoms with Crippen molar-refractivity contribution in [2.75, 3.05) is 20.8 Å². The lowest BCUT2D eigenvalue weighted by atomic mass is 9.91. The van der Waals surface area contributed by atoms with E-state index in [1.54, 1.807) is 17.0 Å². The van der Waals surface area contributed by atoms with E-state index in [-0.39, 0.29) is 25.6 Å². The molecule has 2 aliphatic heterocycles. The van der Waals surface area contributed by atoms with E-state index in [0.717, 1.165) is 16.0 Å². The van der Waals surface area contributed by atoms with Gasteiger partial charge in [0.05, 0.1) is 20.3 Å². The van der Waals surface area contributed by atoms with Crippen LogP contribution in [-0.4, -0.2) is 65.7 Å². The van der Waals surface area contributed by atoms with E-state index in [1.165, 1.54) is 20.3 Å². The number of esters is 1. The van der Waals surface area contributed by atoms with Gasteiger partial charge < -0.3 is 24.2 Å². The highest BCUT2D eigenvalue weighted by molar-refractivity contribution is 5.96.